The number of aliphatic hydroxyl groups excluding tert-OH is 8. The van der Waals surface area contributed by atoms with Crippen LogP contribution < -0.4 is 5.32 Å². The van der Waals surface area contributed by atoms with E-state index in [4.69, 9.17) is 18.9 Å². The molecule has 60 heavy (non-hydrogen) atoms. The maximum Gasteiger partial charge on any atom is 0.220 e. The quantitative estimate of drug-likeness (QED) is 0.0327. The molecule has 9 N–H and O–H groups in total. The van der Waals surface area contributed by atoms with Crippen LogP contribution in [0.4, 0.5) is 0 Å². The second-order valence-corrected chi connectivity index (χ2v) is 16.2. The van der Waals surface area contributed by atoms with E-state index in [-0.39, 0.29) is 18.9 Å². The second kappa shape index (κ2) is 33.5. The number of allylic oxidation sites excluding steroid dienone is 7. The number of carbonyl (C=O) groups is 1. The van der Waals surface area contributed by atoms with Crippen LogP contribution in [-0.2, 0) is 23.7 Å². The number of ether oxygens (including phenoxy) is 4. The van der Waals surface area contributed by atoms with E-state index in [0.717, 1.165) is 57.8 Å². The molecule has 2 fully saturated rings. The van der Waals surface area contributed by atoms with Gasteiger partial charge < -0.3 is 65.1 Å². The Labute approximate surface area is 359 Å². The first kappa shape index (κ1) is 54.1. The van der Waals surface area contributed by atoms with Crippen molar-refractivity contribution in [1.29, 1.82) is 0 Å². The summed E-state index contributed by atoms with van der Waals surface area (Å²) in [6, 6.07) is -0.936. The highest BCUT2D eigenvalue weighted by Crippen LogP contribution is 2.30. The fraction of sp³-hybridized carbons (Fsp3) is 0.804. The zero-order chi connectivity index (χ0) is 44.0. The zero-order valence-electron chi connectivity index (χ0n) is 36.4. The Hall–Kier alpha value is -2.05. The Bertz CT molecular complexity index is 1200. The highest BCUT2D eigenvalue weighted by atomic mass is 16.7. The SMILES string of the molecule is CCCC/C=C\C/C=C\CCCCCCCC(=O)NC(COC1OC(CO)C(OC2OC(CO)C(O)C(O)C2O)C(O)C1O)C(O)/C=C/CC/C=C/CCCCCCCC. The summed E-state index contributed by atoms with van der Waals surface area (Å²) in [4.78, 5) is 13.1. The molecule has 0 aromatic heterocycles. The molecule has 0 aromatic carbocycles. The predicted octanol–water partition coefficient (Wildman–Crippen LogP) is 4.54. The van der Waals surface area contributed by atoms with Gasteiger partial charge in [-0.25, -0.2) is 0 Å². The Kier molecular flexibility index (Phi) is 30.2. The average Bonchev–Trinajstić information content (AvgIpc) is 3.24. The Morgan fingerprint density at radius 3 is 1.78 bits per heavy atom. The molecule has 14 heteroatoms. The first-order valence-corrected chi connectivity index (χ1v) is 22.9. The highest BCUT2D eigenvalue weighted by molar-refractivity contribution is 5.76. The molecule has 0 bridgehead atoms. The van der Waals surface area contributed by atoms with Crippen molar-refractivity contribution in [3.8, 4) is 0 Å². The maximum atomic E-state index is 13.1. The summed E-state index contributed by atoms with van der Waals surface area (Å²) in [5.41, 5.74) is 0. The van der Waals surface area contributed by atoms with Crippen LogP contribution in [0.3, 0.4) is 0 Å². The van der Waals surface area contributed by atoms with Gasteiger partial charge in [0.15, 0.2) is 12.6 Å². The van der Waals surface area contributed by atoms with Crippen molar-refractivity contribution in [3.63, 3.8) is 0 Å². The third kappa shape index (κ3) is 21.4. The Morgan fingerprint density at radius 1 is 0.600 bits per heavy atom. The van der Waals surface area contributed by atoms with Crippen molar-refractivity contribution in [2.45, 2.75) is 216 Å². The molecule has 2 aliphatic heterocycles. The maximum absolute atomic E-state index is 13.1. The lowest BCUT2D eigenvalue weighted by molar-refractivity contribution is -0.359. The molecule has 1 amide bonds. The number of aliphatic hydroxyl groups is 8. The van der Waals surface area contributed by atoms with Crippen LogP contribution in [0, 0.1) is 0 Å². The monoisotopic (exact) mass is 856 g/mol. The fourth-order valence-corrected chi connectivity index (χ4v) is 7.14. The van der Waals surface area contributed by atoms with Gasteiger partial charge >= 0.3 is 0 Å². The summed E-state index contributed by atoms with van der Waals surface area (Å²) in [5, 5.41) is 86.4. The van der Waals surface area contributed by atoms with E-state index in [9.17, 15) is 45.6 Å². The van der Waals surface area contributed by atoms with Crippen molar-refractivity contribution in [1.82, 2.24) is 5.32 Å². The van der Waals surface area contributed by atoms with Gasteiger partial charge in [-0.2, -0.15) is 0 Å². The van der Waals surface area contributed by atoms with E-state index < -0.39 is 86.8 Å². The van der Waals surface area contributed by atoms with Crippen molar-refractivity contribution in [3.05, 3.63) is 48.6 Å². The van der Waals surface area contributed by atoms with Crippen LogP contribution in [0.25, 0.3) is 0 Å². The second-order valence-electron chi connectivity index (χ2n) is 16.2. The number of amides is 1. The molecular weight excluding hydrogens is 774 g/mol. The highest BCUT2D eigenvalue weighted by Gasteiger charge is 2.50. The molecule has 12 atom stereocenters. The summed E-state index contributed by atoms with van der Waals surface area (Å²) >= 11 is 0. The molecule has 0 radical (unpaired) electrons. The van der Waals surface area contributed by atoms with Crippen LogP contribution >= 0.6 is 0 Å². The molecule has 2 saturated heterocycles. The first-order valence-electron chi connectivity index (χ1n) is 22.9. The largest absolute Gasteiger partial charge is 0.394 e. The van der Waals surface area contributed by atoms with Gasteiger partial charge in [-0.1, -0.05) is 127 Å². The molecule has 0 saturated carbocycles. The van der Waals surface area contributed by atoms with E-state index in [0.29, 0.717) is 12.8 Å². The lowest BCUT2D eigenvalue weighted by Gasteiger charge is -2.46. The number of nitrogens with one attached hydrogen (secondary N) is 1. The smallest absolute Gasteiger partial charge is 0.220 e. The summed E-state index contributed by atoms with van der Waals surface area (Å²) in [6.45, 7) is 2.66. The molecule has 2 rings (SSSR count). The van der Waals surface area contributed by atoms with Crippen LogP contribution in [0.5, 0.6) is 0 Å². The summed E-state index contributed by atoms with van der Waals surface area (Å²) in [6.07, 6.45) is 20.2. The molecule has 0 aromatic rings. The third-order valence-corrected chi connectivity index (χ3v) is 11.0. The summed E-state index contributed by atoms with van der Waals surface area (Å²) < 4.78 is 22.6. The van der Waals surface area contributed by atoms with E-state index in [1.807, 2.05) is 6.08 Å². The number of rotatable bonds is 33. The van der Waals surface area contributed by atoms with Crippen LogP contribution in [-0.4, -0.2) is 140 Å². The van der Waals surface area contributed by atoms with Gasteiger partial charge in [0.05, 0.1) is 32.0 Å². The van der Waals surface area contributed by atoms with Gasteiger partial charge in [0, 0.05) is 6.42 Å². The lowest BCUT2D eigenvalue weighted by Crippen LogP contribution is -2.65. The normalized spacial score (nSPS) is 28.7. The third-order valence-electron chi connectivity index (χ3n) is 11.0. The van der Waals surface area contributed by atoms with E-state index in [1.165, 1.54) is 51.4 Å². The average molecular weight is 856 g/mol. The van der Waals surface area contributed by atoms with Gasteiger partial charge in [-0.15, -0.1) is 0 Å². The fourth-order valence-electron chi connectivity index (χ4n) is 7.14. The minimum Gasteiger partial charge on any atom is -0.394 e. The van der Waals surface area contributed by atoms with E-state index >= 15 is 0 Å². The van der Waals surface area contributed by atoms with Crippen LogP contribution in [0.1, 0.15) is 142 Å². The zero-order valence-corrected chi connectivity index (χ0v) is 36.4. The Morgan fingerprint density at radius 2 is 1.13 bits per heavy atom. The minimum atomic E-state index is -1.79. The number of hydrogen-bond donors (Lipinski definition) is 9. The van der Waals surface area contributed by atoms with E-state index in [2.05, 4.69) is 55.6 Å². The molecular formula is C46H81NO13. The summed E-state index contributed by atoms with van der Waals surface area (Å²) in [5.74, 6) is -0.269. The van der Waals surface area contributed by atoms with Crippen molar-refractivity contribution in [2.24, 2.45) is 0 Å². The van der Waals surface area contributed by atoms with Crippen LogP contribution in [0.15, 0.2) is 48.6 Å². The molecule has 2 heterocycles. The van der Waals surface area contributed by atoms with Gasteiger partial charge in [0.1, 0.15) is 48.8 Å². The van der Waals surface area contributed by atoms with Crippen LogP contribution in [0.2, 0.25) is 0 Å². The molecule has 0 aliphatic carbocycles. The number of unbranched alkanes of at least 4 members (excludes halogenated alkanes) is 14. The summed E-state index contributed by atoms with van der Waals surface area (Å²) in [7, 11) is 0. The molecule has 12 unspecified atom stereocenters. The van der Waals surface area contributed by atoms with Crippen molar-refractivity contribution < 1.29 is 64.6 Å². The topological polar surface area (TPSA) is 228 Å². The predicted molar refractivity (Wildman–Crippen MR) is 231 cm³/mol. The Balaban J connectivity index is 1.93. The van der Waals surface area contributed by atoms with E-state index in [1.54, 1.807) is 6.08 Å². The molecule has 14 nitrogen and oxygen atoms in total. The standard InChI is InChI=1S/C46H81NO13/c1-3-5-7-9-11-13-15-17-18-20-22-24-26-28-30-38(51)47-34(35(50)29-27-25-23-21-19-16-14-12-10-8-6-4-2)33-57-45-43(56)41(54)44(37(32-49)59-45)60-46-42(55)40(53)39(52)36(31-48)58-46/h9,11,15,17,19,21,27,29,34-37,39-46,48-50,52-56H,3-8,10,12-14,16,18,20,22-26,28,30-33H2,1-2H3,(H,47,51)/b11-9-,17-15-,21-19+,29-27+. The van der Waals surface area contributed by atoms with Gasteiger partial charge in [0.25, 0.3) is 0 Å². The van der Waals surface area contributed by atoms with Gasteiger partial charge in [-0.3, -0.25) is 4.79 Å². The van der Waals surface area contributed by atoms with Crippen molar-refractivity contribution in [2.75, 3.05) is 19.8 Å². The van der Waals surface area contributed by atoms with Gasteiger partial charge in [-0.05, 0) is 57.8 Å². The van der Waals surface area contributed by atoms with Gasteiger partial charge in [0.2, 0.25) is 5.91 Å². The number of carbonyl (C=O) groups excluding carboxylic acids is 1. The minimum absolute atomic E-state index is 0.255. The first-order chi connectivity index (χ1) is 29.1. The number of hydrogen-bond acceptors (Lipinski definition) is 13. The molecule has 348 valence electrons. The molecule has 0 spiro atoms. The van der Waals surface area contributed by atoms with Crippen molar-refractivity contribution >= 4 is 5.91 Å². The lowest BCUT2D eigenvalue weighted by atomic mass is 9.97. The molecule has 2 aliphatic rings.